The lowest BCUT2D eigenvalue weighted by Gasteiger charge is -2.34. The maximum Gasteiger partial charge on any atom is 0.410 e. The van der Waals surface area contributed by atoms with Crippen LogP contribution >= 0.6 is 11.3 Å². The van der Waals surface area contributed by atoms with Gasteiger partial charge in [-0.05, 0) is 110 Å². The first-order valence-electron chi connectivity index (χ1n) is 17.6. The smallest absolute Gasteiger partial charge is 0.410 e. The number of rotatable bonds is 10. The number of thiazole rings is 1. The van der Waals surface area contributed by atoms with E-state index in [1.807, 2.05) is 45.0 Å². The number of carbonyl (C=O) groups is 3. The van der Waals surface area contributed by atoms with Gasteiger partial charge in [0, 0.05) is 31.6 Å². The standard InChI is InChI=1S/C37H50N6O7S2/c1-21-22(2)31(23(3)25-19-37(7,8)49-30(21)25)52(47,48)42-34(38)39-17-11-15-27(29(44)33-41-26-14-9-10-16-28(26)51-33)40-32(45)24-13-12-18-43(20-24)35(46)50-36(4,5)6/h9-10,14,16,24,27H,11-13,15,17-20H2,1-8H3,(H,40,45)(H3,38,39,42)/t24-,27-/m0/s1. The van der Waals surface area contributed by atoms with Gasteiger partial charge >= 0.3 is 6.09 Å². The summed E-state index contributed by atoms with van der Waals surface area (Å²) in [5.41, 5.74) is 8.50. The van der Waals surface area contributed by atoms with Crippen LogP contribution in [0, 0.1) is 26.7 Å². The van der Waals surface area contributed by atoms with Gasteiger partial charge in [0.05, 0.1) is 27.1 Å². The number of carbonyl (C=O) groups excluding carboxylic acids is 3. The number of Topliss-reactive ketones (excluding diaryl/α,β-unsaturated/α-hetero) is 1. The number of piperidine rings is 1. The number of benzene rings is 2. The minimum atomic E-state index is -4.08. The number of guanidine groups is 1. The summed E-state index contributed by atoms with van der Waals surface area (Å²) >= 11 is 1.25. The lowest BCUT2D eigenvalue weighted by Crippen LogP contribution is -2.50. The summed E-state index contributed by atoms with van der Waals surface area (Å²) in [6, 6.07) is 6.49. The zero-order chi connectivity index (χ0) is 38.2. The number of sulfonamides is 1. The summed E-state index contributed by atoms with van der Waals surface area (Å²) in [6.45, 7) is 15.4. The highest BCUT2D eigenvalue weighted by Gasteiger charge is 2.37. The van der Waals surface area contributed by atoms with Gasteiger partial charge in [-0.2, -0.15) is 0 Å². The number of nitrogens with two attached hydrogens (primary N) is 1. The van der Waals surface area contributed by atoms with Crippen molar-refractivity contribution in [3.05, 3.63) is 51.5 Å². The second-order valence-corrected chi connectivity index (χ2v) is 17.9. The predicted octanol–water partition coefficient (Wildman–Crippen LogP) is 5.32. The quantitative estimate of drug-likeness (QED) is 0.107. The van der Waals surface area contributed by atoms with Crippen LogP contribution in [-0.2, 0) is 26.0 Å². The van der Waals surface area contributed by atoms with Crippen molar-refractivity contribution < 1.29 is 32.3 Å². The summed E-state index contributed by atoms with van der Waals surface area (Å²) in [5, 5.41) is 3.20. The molecule has 0 saturated carbocycles. The van der Waals surface area contributed by atoms with Crippen LogP contribution < -0.4 is 20.5 Å². The minimum absolute atomic E-state index is 0.0902. The van der Waals surface area contributed by atoms with E-state index in [1.54, 1.807) is 34.6 Å². The number of likely N-dealkylation sites (tertiary alicyclic amines) is 1. The number of para-hydroxylation sites is 1. The van der Waals surface area contributed by atoms with Crippen molar-refractivity contribution in [1.82, 2.24) is 19.9 Å². The third-order valence-electron chi connectivity index (χ3n) is 9.31. The number of nitrogens with one attached hydrogen (secondary N) is 2. The largest absolute Gasteiger partial charge is 0.487 e. The molecule has 13 nitrogen and oxygen atoms in total. The van der Waals surface area contributed by atoms with Gasteiger partial charge in [-0.25, -0.2) is 22.9 Å². The first kappa shape index (κ1) is 39.0. The summed E-state index contributed by atoms with van der Waals surface area (Å²) < 4.78 is 42.2. The summed E-state index contributed by atoms with van der Waals surface area (Å²) in [7, 11) is -4.08. The molecule has 3 aromatic rings. The van der Waals surface area contributed by atoms with Crippen LogP contribution in [-0.4, -0.2) is 78.9 Å². The van der Waals surface area contributed by atoms with Crippen LogP contribution in [0.5, 0.6) is 5.75 Å². The van der Waals surface area contributed by atoms with E-state index in [9.17, 15) is 22.8 Å². The molecule has 5 rings (SSSR count). The van der Waals surface area contributed by atoms with Crippen molar-refractivity contribution in [3.63, 3.8) is 0 Å². The zero-order valence-electron chi connectivity index (χ0n) is 31.2. The molecule has 52 heavy (non-hydrogen) atoms. The van der Waals surface area contributed by atoms with Gasteiger partial charge in [0.15, 0.2) is 5.01 Å². The normalized spacial score (nSPS) is 18.0. The van der Waals surface area contributed by atoms with Gasteiger partial charge in [-0.15, -0.1) is 11.3 Å². The maximum absolute atomic E-state index is 13.8. The molecule has 2 aliphatic rings. The van der Waals surface area contributed by atoms with Crippen molar-refractivity contribution in [2.45, 2.75) is 110 Å². The molecular weight excluding hydrogens is 705 g/mol. The van der Waals surface area contributed by atoms with Crippen molar-refractivity contribution in [3.8, 4) is 5.75 Å². The van der Waals surface area contributed by atoms with Gasteiger partial charge in [0.25, 0.3) is 10.0 Å². The molecule has 1 fully saturated rings. The average molecular weight is 755 g/mol. The molecule has 2 aliphatic heterocycles. The van der Waals surface area contributed by atoms with E-state index in [4.69, 9.17) is 15.2 Å². The Bertz CT molecular complexity index is 1980. The van der Waals surface area contributed by atoms with E-state index in [0.717, 1.165) is 21.6 Å². The van der Waals surface area contributed by atoms with Gasteiger partial charge in [0.2, 0.25) is 17.6 Å². The molecule has 0 unspecified atom stereocenters. The van der Waals surface area contributed by atoms with Crippen LogP contribution in [0.1, 0.15) is 92.4 Å². The molecule has 1 saturated heterocycles. The number of aliphatic imine (C=N–C) groups is 1. The number of fused-ring (bicyclic) bond motifs is 2. The molecular formula is C37H50N6O7S2. The number of ether oxygens (including phenoxy) is 2. The van der Waals surface area contributed by atoms with E-state index in [2.05, 4.69) is 20.0 Å². The van der Waals surface area contributed by atoms with E-state index < -0.39 is 39.3 Å². The van der Waals surface area contributed by atoms with Crippen LogP contribution in [0.25, 0.3) is 10.2 Å². The fourth-order valence-electron chi connectivity index (χ4n) is 6.73. The molecule has 3 heterocycles. The molecule has 0 aliphatic carbocycles. The Kier molecular flexibility index (Phi) is 11.3. The fourth-order valence-corrected chi connectivity index (χ4v) is 9.22. The predicted molar refractivity (Wildman–Crippen MR) is 202 cm³/mol. The third-order valence-corrected chi connectivity index (χ3v) is 12.0. The Hall–Kier alpha value is -4.24. The molecule has 0 radical (unpaired) electrons. The monoisotopic (exact) mass is 754 g/mol. The minimum Gasteiger partial charge on any atom is -0.487 e. The van der Waals surface area contributed by atoms with E-state index in [0.29, 0.717) is 48.9 Å². The molecule has 2 aromatic carbocycles. The van der Waals surface area contributed by atoms with Crippen molar-refractivity contribution in [1.29, 1.82) is 0 Å². The third kappa shape index (κ3) is 8.85. The van der Waals surface area contributed by atoms with Crippen molar-refractivity contribution in [2.75, 3.05) is 19.6 Å². The first-order valence-corrected chi connectivity index (χ1v) is 19.9. The van der Waals surface area contributed by atoms with Gasteiger partial charge in [-0.3, -0.25) is 14.6 Å². The number of amides is 2. The van der Waals surface area contributed by atoms with Gasteiger partial charge < -0.3 is 25.4 Å². The number of ketones is 1. The number of aromatic nitrogens is 1. The highest BCUT2D eigenvalue weighted by Crippen LogP contribution is 2.43. The maximum atomic E-state index is 13.8. The summed E-state index contributed by atoms with van der Waals surface area (Å²) in [6.07, 6.45) is 1.78. The highest BCUT2D eigenvalue weighted by atomic mass is 32.2. The molecule has 0 bridgehead atoms. The Morgan fingerprint density at radius 3 is 2.56 bits per heavy atom. The lowest BCUT2D eigenvalue weighted by molar-refractivity contribution is -0.127. The fraction of sp³-hybridized carbons (Fsp3) is 0.541. The molecule has 2 atom stereocenters. The van der Waals surface area contributed by atoms with Gasteiger partial charge in [0.1, 0.15) is 17.0 Å². The summed E-state index contributed by atoms with van der Waals surface area (Å²) in [4.78, 5) is 50.6. The topological polar surface area (TPSA) is 182 Å². The SMILES string of the molecule is Cc1c(C)c(S(=O)(=O)NC(N)=NCCC[C@H](NC(=O)[C@H]2CCCN(C(=O)OC(C)(C)C)C2)C(=O)c2nc3ccccc3s2)c(C)c2c1OC(C)(C)C2. The van der Waals surface area contributed by atoms with Crippen molar-refractivity contribution >= 4 is 55.3 Å². The molecule has 1 aromatic heterocycles. The summed E-state index contributed by atoms with van der Waals surface area (Å²) in [5.74, 6) is -0.755. The molecule has 15 heteroatoms. The lowest BCUT2D eigenvalue weighted by atomic mass is 9.94. The zero-order valence-corrected chi connectivity index (χ0v) is 32.8. The van der Waals surface area contributed by atoms with Crippen LogP contribution in [0.2, 0.25) is 0 Å². The Balaban J connectivity index is 1.28. The van der Waals surface area contributed by atoms with Crippen molar-refractivity contribution in [2.24, 2.45) is 16.6 Å². The highest BCUT2D eigenvalue weighted by molar-refractivity contribution is 7.90. The van der Waals surface area contributed by atoms with E-state index in [-0.39, 0.29) is 47.1 Å². The number of nitrogens with zero attached hydrogens (tertiary/aromatic N) is 3. The Labute approximate surface area is 309 Å². The Morgan fingerprint density at radius 1 is 1.15 bits per heavy atom. The Morgan fingerprint density at radius 2 is 1.87 bits per heavy atom. The second-order valence-electron chi connectivity index (χ2n) is 15.2. The van der Waals surface area contributed by atoms with E-state index in [1.165, 1.54) is 16.2 Å². The molecule has 0 spiro atoms. The van der Waals surface area contributed by atoms with E-state index >= 15 is 0 Å². The van der Waals surface area contributed by atoms with Crippen LogP contribution in [0.15, 0.2) is 34.2 Å². The van der Waals surface area contributed by atoms with Gasteiger partial charge in [-0.1, -0.05) is 12.1 Å². The average Bonchev–Trinajstić information content (AvgIpc) is 3.64. The van der Waals surface area contributed by atoms with Crippen LogP contribution in [0.3, 0.4) is 0 Å². The first-order chi connectivity index (χ1) is 24.3. The number of hydrogen-bond acceptors (Lipinski definition) is 10. The van der Waals surface area contributed by atoms with Crippen LogP contribution in [0.4, 0.5) is 4.79 Å². The number of hydrogen-bond donors (Lipinski definition) is 3. The molecule has 4 N–H and O–H groups in total. The second kappa shape index (κ2) is 15.0. The molecule has 2 amide bonds. The molecule has 282 valence electrons.